The van der Waals surface area contributed by atoms with Crippen molar-refractivity contribution in [2.75, 3.05) is 13.2 Å². The van der Waals surface area contributed by atoms with Crippen molar-refractivity contribution in [2.45, 2.75) is 93.1 Å². The third-order valence-electron chi connectivity index (χ3n) is 8.97. The molecular formula is C37H44O17. The quantitative estimate of drug-likeness (QED) is 0.0773. The third-order valence-corrected chi connectivity index (χ3v) is 8.97. The molecule has 0 radical (unpaired) electrons. The van der Waals surface area contributed by atoms with Crippen LogP contribution in [0, 0.1) is 0 Å². The van der Waals surface area contributed by atoms with E-state index in [2.05, 4.69) is 0 Å². The van der Waals surface area contributed by atoms with Crippen molar-refractivity contribution in [1.29, 1.82) is 0 Å². The predicted molar refractivity (Wildman–Crippen MR) is 181 cm³/mol. The van der Waals surface area contributed by atoms with E-state index in [-0.39, 0.29) is 31.1 Å². The molecule has 5 rings (SSSR count). The van der Waals surface area contributed by atoms with Crippen molar-refractivity contribution in [2.24, 2.45) is 0 Å². The van der Waals surface area contributed by atoms with Gasteiger partial charge in [-0.25, -0.2) is 4.79 Å². The van der Waals surface area contributed by atoms with Crippen LogP contribution < -0.4 is 9.47 Å². The van der Waals surface area contributed by atoms with E-state index in [4.69, 9.17) is 28.4 Å². The maximum Gasteiger partial charge on any atom is 0.339 e. The van der Waals surface area contributed by atoms with Crippen molar-refractivity contribution in [3.63, 3.8) is 0 Å². The van der Waals surface area contributed by atoms with Crippen molar-refractivity contribution < 1.29 is 84.0 Å². The Morgan fingerprint density at radius 2 is 1.02 bits per heavy atom. The molecule has 0 aromatic heterocycles. The second-order valence-corrected chi connectivity index (χ2v) is 13.0. The first-order chi connectivity index (χ1) is 25.8. The monoisotopic (exact) mass is 760 g/mol. The van der Waals surface area contributed by atoms with E-state index >= 15 is 0 Å². The number of carbonyl (C=O) groups excluding carboxylic acids is 2. The van der Waals surface area contributed by atoms with Crippen molar-refractivity contribution >= 4 is 11.9 Å². The van der Waals surface area contributed by atoms with Crippen LogP contribution in [0.4, 0.5) is 0 Å². The highest BCUT2D eigenvalue weighted by Gasteiger charge is 2.46. The molecule has 54 heavy (non-hydrogen) atoms. The van der Waals surface area contributed by atoms with Gasteiger partial charge in [0.05, 0.1) is 19.6 Å². The summed E-state index contributed by atoms with van der Waals surface area (Å²) >= 11 is 0. The molecule has 17 nitrogen and oxygen atoms in total. The average molecular weight is 761 g/mol. The lowest BCUT2D eigenvalue weighted by atomic mass is 9.91. The lowest BCUT2D eigenvalue weighted by Crippen LogP contribution is -2.60. The van der Waals surface area contributed by atoms with Gasteiger partial charge in [0.2, 0.25) is 12.6 Å². The molecular weight excluding hydrogens is 716 g/mol. The Bertz CT molecular complexity index is 1640. The molecule has 0 aliphatic carbocycles. The van der Waals surface area contributed by atoms with Gasteiger partial charge in [0.25, 0.3) is 0 Å². The number of hydrogen-bond donors (Lipinski definition) is 9. The van der Waals surface area contributed by atoms with Crippen LogP contribution in [0.5, 0.6) is 11.5 Å². The Morgan fingerprint density at radius 3 is 1.46 bits per heavy atom. The fraction of sp³-hybridized carbons (Fsp3) is 0.459. The van der Waals surface area contributed by atoms with Gasteiger partial charge in [-0.1, -0.05) is 54.6 Å². The summed E-state index contributed by atoms with van der Waals surface area (Å²) < 4.78 is 32.6. The van der Waals surface area contributed by atoms with E-state index in [1.807, 2.05) is 0 Å². The van der Waals surface area contributed by atoms with Crippen molar-refractivity contribution in [3.8, 4) is 11.5 Å². The molecule has 2 saturated heterocycles. The van der Waals surface area contributed by atoms with E-state index in [1.54, 1.807) is 30.3 Å². The fourth-order valence-corrected chi connectivity index (χ4v) is 5.80. The standard InChI is InChI=1S/C37H44O17/c38-16-25-28(41)30(43)32(45)34(53-25)51-23-10-6-21(7-11-23)18-49-27(40)15-37(48,14-20-4-2-1-3-5-20)36(47)50-19-22-8-12-24(13-9-22)52-35-33(46)31(44)29(42)26(17-39)54-35/h1-13,25-26,28-35,38-39,41-46,48H,14-19H2/t25-,26-,28-,29-,30+,31+,32-,33-,34-,35-,37-/m1/s1. The van der Waals surface area contributed by atoms with Gasteiger partial charge in [0.15, 0.2) is 5.60 Å². The lowest BCUT2D eigenvalue weighted by Gasteiger charge is -2.39. The van der Waals surface area contributed by atoms with Crippen molar-refractivity contribution in [1.82, 2.24) is 0 Å². The second-order valence-electron chi connectivity index (χ2n) is 13.0. The van der Waals surface area contributed by atoms with Gasteiger partial charge in [0, 0.05) is 6.42 Å². The molecule has 17 heteroatoms. The molecule has 3 aromatic carbocycles. The Balaban J connectivity index is 1.16. The van der Waals surface area contributed by atoms with Gasteiger partial charge >= 0.3 is 11.9 Å². The summed E-state index contributed by atoms with van der Waals surface area (Å²) in [4.78, 5) is 26.3. The first-order valence-corrected chi connectivity index (χ1v) is 17.0. The summed E-state index contributed by atoms with van der Waals surface area (Å²) in [6, 6.07) is 20.5. The van der Waals surface area contributed by atoms with Crippen LogP contribution in [-0.4, -0.2) is 138 Å². The molecule has 2 aliphatic heterocycles. The minimum Gasteiger partial charge on any atom is -0.462 e. The predicted octanol–water partition coefficient (Wildman–Crippen LogP) is -1.81. The number of aliphatic hydroxyl groups is 9. The number of benzene rings is 3. The van der Waals surface area contributed by atoms with E-state index in [0.717, 1.165) is 0 Å². The Kier molecular flexibility index (Phi) is 13.9. The molecule has 2 aliphatic rings. The number of ether oxygens (including phenoxy) is 6. The summed E-state index contributed by atoms with van der Waals surface area (Å²) in [6.07, 6.45) is -15.6. The third kappa shape index (κ3) is 10.1. The normalized spacial score (nSPS) is 29.4. The molecule has 0 saturated carbocycles. The topological polar surface area (TPSA) is 272 Å². The zero-order chi connectivity index (χ0) is 39.0. The van der Waals surface area contributed by atoms with E-state index in [0.29, 0.717) is 16.7 Å². The van der Waals surface area contributed by atoms with Crippen LogP contribution in [0.15, 0.2) is 78.9 Å². The molecule has 0 spiro atoms. The van der Waals surface area contributed by atoms with Gasteiger partial charge < -0.3 is 74.4 Å². The van der Waals surface area contributed by atoms with Crippen molar-refractivity contribution in [3.05, 3.63) is 95.6 Å². The Hall–Kier alpha value is -4.24. The maximum absolute atomic E-state index is 13.3. The van der Waals surface area contributed by atoms with Gasteiger partial charge in [0.1, 0.15) is 73.5 Å². The first-order valence-electron chi connectivity index (χ1n) is 17.0. The van der Waals surface area contributed by atoms with E-state index < -0.39 is 98.6 Å². The van der Waals surface area contributed by atoms with Gasteiger partial charge in [-0.05, 0) is 41.0 Å². The molecule has 294 valence electrons. The molecule has 0 unspecified atom stereocenters. The van der Waals surface area contributed by atoms with Crippen LogP contribution in [0.2, 0.25) is 0 Å². The highest BCUT2D eigenvalue weighted by Crippen LogP contribution is 2.27. The zero-order valence-electron chi connectivity index (χ0n) is 28.8. The zero-order valence-corrected chi connectivity index (χ0v) is 28.8. The first kappa shape index (κ1) is 40.9. The second kappa shape index (κ2) is 18.4. The molecule has 11 atom stereocenters. The minimum atomic E-state index is -2.31. The largest absolute Gasteiger partial charge is 0.462 e. The summed E-state index contributed by atoms with van der Waals surface area (Å²) in [6.45, 7) is -1.78. The number of hydrogen-bond acceptors (Lipinski definition) is 17. The number of aliphatic hydroxyl groups excluding tert-OH is 8. The summed E-state index contributed by atoms with van der Waals surface area (Å²) in [5.41, 5.74) is -0.798. The molecule has 0 amide bonds. The van der Waals surface area contributed by atoms with Gasteiger partial charge in [-0.3, -0.25) is 4.79 Å². The molecule has 0 bridgehead atoms. The fourth-order valence-electron chi connectivity index (χ4n) is 5.80. The van der Waals surface area contributed by atoms with E-state index in [1.165, 1.54) is 48.5 Å². The average Bonchev–Trinajstić information content (AvgIpc) is 3.17. The molecule has 9 N–H and O–H groups in total. The Morgan fingerprint density at radius 1 is 0.574 bits per heavy atom. The van der Waals surface area contributed by atoms with Gasteiger partial charge in [-0.2, -0.15) is 0 Å². The SMILES string of the molecule is O=C(C[C@](O)(Cc1ccccc1)C(=O)OCc1ccc(O[C@@H]2O[C@H](CO)[C@@H](O)[C@H](O)[C@H]2O)cc1)OCc1ccc(O[C@@H]2O[C@H](CO)[C@@H](O)[C@H](O)[C@H]2O)cc1. The maximum atomic E-state index is 13.3. The summed E-state index contributed by atoms with van der Waals surface area (Å²) in [5, 5.41) is 90.6. The van der Waals surface area contributed by atoms with Gasteiger partial charge in [-0.15, -0.1) is 0 Å². The summed E-state index contributed by atoms with van der Waals surface area (Å²) in [5.74, 6) is -1.60. The highest BCUT2D eigenvalue weighted by molar-refractivity contribution is 5.86. The Labute approximate surface area is 309 Å². The lowest BCUT2D eigenvalue weighted by molar-refractivity contribution is -0.277. The van der Waals surface area contributed by atoms with Crippen LogP contribution in [0.25, 0.3) is 0 Å². The van der Waals surface area contributed by atoms with Crippen LogP contribution >= 0.6 is 0 Å². The van der Waals surface area contributed by atoms with E-state index in [9.17, 15) is 55.5 Å². The van der Waals surface area contributed by atoms with Crippen LogP contribution in [-0.2, 0) is 48.2 Å². The minimum absolute atomic E-state index is 0.189. The smallest absolute Gasteiger partial charge is 0.339 e. The number of esters is 2. The number of rotatable bonds is 15. The number of carbonyl (C=O) groups is 2. The van der Waals surface area contributed by atoms with Crippen LogP contribution in [0.1, 0.15) is 23.1 Å². The molecule has 2 heterocycles. The molecule has 3 aromatic rings. The molecule has 2 fully saturated rings. The highest BCUT2D eigenvalue weighted by atomic mass is 16.7. The van der Waals surface area contributed by atoms with Crippen LogP contribution in [0.3, 0.4) is 0 Å². The summed E-state index contributed by atoms with van der Waals surface area (Å²) in [7, 11) is 0.